The first-order chi connectivity index (χ1) is 13.6. The van der Waals surface area contributed by atoms with Crippen molar-refractivity contribution in [2.75, 3.05) is 7.11 Å². The summed E-state index contributed by atoms with van der Waals surface area (Å²) in [5, 5.41) is 1.10. The van der Waals surface area contributed by atoms with Crippen LogP contribution in [0, 0.1) is 0 Å². The van der Waals surface area contributed by atoms with E-state index in [0.717, 1.165) is 26.6 Å². The van der Waals surface area contributed by atoms with Crippen molar-refractivity contribution >= 4 is 44.7 Å². The lowest BCUT2D eigenvalue weighted by Crippen LogP contribution is -1.99. The third-order valence-electron chi connectivity index (χ3n) is 4.35. The molecule has 0 unspecified atom stereocenters. The normalized spacial score (nSPS) is 11.4. The van der Waals surface area contributed by atoms with Crippen LogP contribution in [0.25, 0.3) is 10.9 Å². The van der Waals surface area contributed by atoms with Crippen LogP contribution >= 0.6 is 15.9 Å². The van der Waals surface area contributed by atoms with E-state index >= 15 is 0 Å². The van der Waals surface area contributed by atoms with Gasteiger partial charge in [0.2, 0.25) is 5.76 Å². The third-order valence-corrected chi connectivity index (χ3v) is 4.85. The van der Waals surface area contributed by atoms with Crippen LogP contribution in [0.1, 0.15) is 21.9 Å². The van der Waals surface area contributed by atoms with E-state index in [4.69, 9.17) is 9.15 Å². The smallest absolute Gasteiger partial charge is 0.373 e. The van der Waals surface area contributed by atoms with Crippen LogP contribution in [-0.4, -0.2) is 23.9 Å². The summed E-state index contributed by atoms with van der Waals surface area (Å²) in [5.74, 6) is 0.396. The maximum absolute atomic E-state index is 11.6. The summed E-state index contributed by atoms with van der Waals surface area (Å²) >= 11 is 3.47. The number of halogens is 1. The van der Waals surface area contributed by atoms with Crippen molar-refractivity contribution in [2.45, 2.75) is 6.54 Å². The number of benzene rings is 2. The zero-order chi connectivity index (χ0) is 19.5. The Kier molecular flexibility index (Phi) is 5.12. The number of para-hydroxylation sites is 1. The van der Waals surface area contributed by atoms with E-state index in [0.29, 0.717) is 12.3 Å². The first-order valence-electron chi connectivity index (χ1n) is 8.68. The van der Waals surface area contributed by atoms with Crippen molar-refractivity contribution in [1.82, 2.24) is 4.57 Å². The molecule has 140 valence electrons. The van der Waals surface area contributed by atoms with E-state index in [-0.39, 0.29) is 5.76 Å². The second-order valence-corrected chi connectivity index (χ2v) is 7.14. The maximum atomic E-state index is 11.6. The lowest BCUT2D eigenvalue weighted by Gasteiger charge is -2.02. The van der Waals surface area contributed by atoms with E-state index in [2.05, 4.69) is 37.6 Å². The quantitative estimate of drug-likeness (QED) is 0.303. The van der Waals surface area contributed by atoms with Gasteiger partial charge in [-0.2, -0.15) is 0 Å². The molecule has 0 atom stereocenters. The highest BCUT2D eigenvalue weighted by Gasteiger charge is 2.13. The van der Waals surface area contributed by atoms with Gasteiger partial charge in [0, 0.05) is 33.4 Å². The molecule has 0 spiro atoms. The number of rotatable bonds is 5. The monoisotopic (exact) mass is 436 g/mol. The SMILES string of the molecule is COC(=O)c1ccc(Cn2cc(C=Nc3cccc(Br)c3)c3ccccc32)o1. The van der Waals surface area contributed by atoms with Gasteiger partial charge in [-0.3, -0.25) is 4.99 Å². The molecule has 28 heavy (non-hydrogen) atoms. The standard InChI is InChI=1S/C22H17BrN2O3/c1-27-22(26)21-10-9-18(28-21)14-25-13-15(19-7-2-3-8-20(19)25)12-24-17-6-4-5-16(23)11-17/h2-13H,14H2,1H3. The molecule has 4 rings (SSSR count). The average Bonchev–Trinajstić information content (AvgIpc) is 3.31. The Morgan fingerprint density at radius 2 is 2.04 bits per heavy atom. The highest BCUT2D eigenvalue weighted by atomic mass is 79.9. The van der Waals surface area contributed by atoms with Gasteiger partial charge in [0.25, 0.3) is 0 Å². The molecule has 2 aromatic carbocycles. The number of methoxy groups -OCH3 is 1. The summed E-state index contributed by atoms with van der Waals surface area (Å²) in [6, 6.07) is 19.4. The number of ether oxygens (including phenoxy) is 1. The van der Waals surface area contributed by atoms with Crippen molar-refractivity contribution in [2.24, 2.45) is 4.99 Å². The minimum absolute atomic E-state index is 0.199. The van der Waals surface area contributed by atoms with Crippen LogP contribution < -0.4 is 0 Å². The van der Waals surface area contributed by atoms with Gasteiger partial charge in [0.15, 0.2) is 0 Å². The Morgan fingerprint density at radius 1 is 1.18 bits per heavy atom. The van der Waals surface area contributed by atoms with Crippen molar-refractivity contribution in [3.63, 3.8) is 0 Å². The molecule has 2 heterocycles. The van der Waals surface area contributed by atoms with Crippen LogP contribution in [0.3, 0.4) is 0 Å². The Bertz CT molecular complexity index is 1170. The number of carbonyl (C=O) groups is 1. The second-order valence-electron chi connectivity index (χ2n) is 6.23. The Labute approximate surface area is 170 Å². The number of carbonyl (C=O) groups excluding carboxylic acids is 1. The molecule has 0 saturated carbocycles. The minimum atomic E-state index is -0.481. The van der Waals surface area contributed by atoms with Gasteiger partial charge < -0.3 is 13.7 Å². The van der Waals surface area contributed by atoms with Crippen molar-refractivity contribution in [1.29, 1.82) is 0 Å². The molecular formula is C22H17BrN2O3. The number of nitrogens with zero attached hydrogens (tertiary/aromatic N) is 2. The number of hydrogen-bond donors (Lipinski definition) is 0. The van der Waals surface area contributed by atoms with Gasteiger partial charge in [-0.05, 0) is 36.4 Å². The van der Waals surface area contributed by atoms with Crippen molar-refractivity contribution < 1.29 is 13.9 Å². The largest absolute Gasteiger partial charge is 0.463 e. The molecule has 5 nitrogen and oxygen atoms in total. The Hall–Kier alpha value is -3.12. The number of hydrogen-bond acceptors (Lipinski definition) is 4. The lowest BCUT2D eigenvalue weighted by molar-refractivity contribution is 0.0563. The molecule has 2 aromatic heterocycles. The first kappa shape index (κ1) is 18.3. The van der Waals surface area contributed by atoms with Gasteiger partial charge in [0.05, 0.1) is 19.3 Å². The number of aromatic nitrogens is 1. The fourth-order valence-electron chi connectivity index (χ4n) is 3.05. The number of fused-ring (bicyclic) bond motifs is 1. The molecule has 0 bridgehead atoms. The van der Waals surface area contributed by atoms with Crippen molar-refractivity contribution in [3.05, 3.63) is 88.4 Å². The predicted molar refractivity (Wildman–Crippen MR) is 112 cm³/mol. The highest BCUT2D eigenvalue weighted by molar-refractivity contribution is 9.10. The Morgan fingerprint density at radius 3 is 2.86 bits per heavy atom. The summed E-state index contributed by atoms with van der Waals surface area (Å²) < 4.78 is 13.4. The average molecular weight is 437 g/mol. The van der Waals surface area contributed by atoms with Crippen LogP contribution in [0.5, 0.6) is 0 Å². The molecule has 4 aromatic rings. The van der Waals surface area contributed by atoms with E-state index in [1.807, 2.05) is 48.8 Å². The van der Waals surface area contributed by atoms with Gasteiger partial charge in [-0.15, -0.1) is 0 Å². The van der Waals surface area contributed by atoms with Crippen LogP contribution in [0.4, 0.5) is 5.69 Å². The number of furan rings is 1. The predicted octanol–water partition coefficient (Wildman–Crippen LogP) is 5.58. The molecule has 0 aliphatic rings. The van der Waals surface area contributed by atoms with Gasteiger partial charge in [0.1, 0.15) is 5.76 Å². The van der Waals surface area contributed by atoms with E-state index in [1.165, 1.54) is 7.11 Å². The zero-order valence-electron chi connectivity index (χ0n) is 15.1. The zero-order valence-corrected chi connectivity index (χ0v) is 16.7. The fourth-order valence-corrected chi connectivity index (χ4v) is 3.44. The molecule has 6 heteroatoms. The van der Waals surface area contributed by atoms with Crippen LogP contribution in [-0.2, 0) is 11.3 Å². The molecule has 0 N–H and O–H groups in total. The molecule has 0 aliphatic heterocycles. The molecular weight excluding hydrogens is 420 g/mol. The van der Waals surface area contributed by atoms with Gasteiger partial charge >= 0.3 is 5.97 Å². The summed E-state index contributed by atoms with van der Waals surface area (Å²) in [6.07, 6.45) is 3.90. The topological polar surface area (TPSA) is 56.7 Å². The van der Waals surface area contributed by atoms with E-state index in [9.17, 15) is 4.79 Å². The summed E-state index contributed by atoms with van der Waals surface area (Å²) in [5.41, 5.74) is 2.95. The van der Waals surface area contributed by atoms with Gasteiger partial charge in [-0.1, -0.05) is 40.2 Å². The molecule has 0 fully saturated rings. The third kappa shape index (κ3) is 3.77. The molecule has 0 aliphatic carbocycles. The summed E-state index contributed by atoms with van der Waals surface area (Å²) in [6.45, 7) is 0.502. The Balaban J connectivity index is 1.66. The van der Waals surface area contributed by atoms with Crippen molar-refractivity contribution in [3.8, 4) is 0 Å². The minimum Gasteiger partial charge on any atom is -0.463 e. The van der Waals surface area contributed by atoms with Crippen LogP contribution in [0.15, 0.2) is 80.7 Å². The summed E-state index contributed by atoms with van der Waals surface area (Å²) in [7, 11) is 1.33. The fraction of sp³-hybridized carbons (Fsp3) is 0.0909. The molecule has 0 radical (unpaired) electrons. The first-order valence-corrected chi connectivity index (χ1v) is 9.48. The highest BCUT2D eigenvalue weighted by Crippen LogP contribution is 2.24. The molecule has 0 amide bonds. The number of esters is 1. The van der Waals surface area contributed by atoms with E-state index in [1.54, 1.807) is 12.1 Å². The van der Waals surface area contributed by atoms with E-state index < -0.39 is 5.97 Å². The van der Waals surface area contributed by atoms with Gasteiger partial charge in [-0.25, -0.2) is 4.79 Å². The maximum Gasteiger partial charge on any atom is 0.373 e. The lowest BCUT2D eigenvalue weighted by atomic mass is 10.2. The summed E-state index contributed by atoms with van der Waals surface area (Å²) in [4.78, 5) is 16.2. The second kappa shape index (κ2) is 7.86. The number of aliphatic imine (C=N–C) groups is 1. The van der Waals surface area contributed by atoms with Crippen LogP contribution in [0.2, 0.25) is 0 Å². The molecule has 0 saturated heterocycles.